The lowest BCUT2D eigenvalue weighted by Gasteiger charge is -2.23. The highest BCUT2D eigenvalue weighted by Gasteiger charge is 2.17. The standard InChI is InChI=1S/C29H44/c1-5-9-18-25-23-26(22-24-16-14-13-15-17-24)28(20-11-7-3)29(21-12-8-4)27(25)19-10-6-2/h13-17,23H,5-12,18-22H2,1-4H3. The monoisotopic (exact) mass is 392 g/mol. The molecule has 29 heavy (non-hydrogen) atoms. The SMILES string of the molecule is CCCCc1cc(Cc2ccccc2)c(CCCC)c(CCCC)c1CCCC. The molecule has 0 radical (unpaired) electrons. The Bertz CT molecular complexity index is 696. The first-order valence-corrected chi connectivity index (χ1v) is 12.4. The number of rotatable bonds is 14. The topological polar surface area (TPSA) is 0 Å². The van der Waals surface area contributed by atoms with Crippen molar-refractivity contribution in [2.45, 2.75) is 111 Å². The first kappa shape index (κ1) is 23.7. The van der Waals surface area contributed by atoms with Crippen molar-refractivity contribution in [2.75, 3.05) is 0 Å². The van der Waals surface area contributed by atoms with Gasteiger partial charge in [-0.25, -0.2) is 0 Å². The van der Waals surface area contributed by atoms with Crippen LogP contribution in [0.2, 0.25) is 0 Å². The van der Waals surface area contributed by atoms with Gasteiger partial charge in [0.2, 0.25) is 0 Å². The van der Waals surface area contributed by atoms with Crippen molar-refractivity contribution >= 4 is 0 Å². The molecule has 2 aromatic rings. The maximum atomic E-state index is 2.62. The van der Waals surface area contributed by atoms with Crippen LogP contribution < -0.4 is 0 Å². The molecule has 0 fully saturated rings. The molecule has 2 aromatic carbocycles. The highest BCUT2D eigenvalue weighted by molar-refractivity contribution is 5.48. The van der Waals surface area contributed by atoms with Gasteiger partial charge in [0.05, 0.1) is 0 Å². The van der Waals surface area contributed by atoms with Gasteiger partial charge < -0.3 is 0 Å². The van der Waals surface area contributed by atoms with Crippen molar-refractivity contribution in [1.82, 2.24) is 0 Å². The summed E-state index contributed by atoms with van der Waals surface area (Å²) < 4.78 is 0. The summed E-state index contributed by atoms with van der Waals surface area (Å²) in [6, 6.07) is 13.7. The Hall–Kier alpha value is -1.56. The Morgan fingerprint density at radius 2 is 1.00 bits per heavy atom. The first-order valence-electron chi connectivity index (χ1n) is 12.4. The van der Waals surface area contributed by atoms with Crippen molar-refractivity contribution in [1.29, 1.82) is 0 Å². The van der Waals surface area contributed by atoms with E-state index in [1.54, 1.807) is 27.8 Å². The van der Waals surface area contributed by atoms with E-state index in [2.05, 4.69) is 64.1 Å². The van der Waals surface area contributed by atoms with Crippen LogP contribution in [0.5, 0.6) is 0 Å². The normalized spacial score (nSPS) is 11.2. The Morgan fingerprint density at radius 3 is 1.55 bits per heavy atom. The van der Waals surface area contributed by atoms with E-state index in [-0.39, 0.29) is 0 Å². The minimum atomic E-state index is 1.09. The average Bonchev–Trinajstić information content (AvgIpc) is 2.75. The zero-order valence-electron chi connectivity index (χ0n) is 19.7. The van der Waals surface area contributed by atoms with Crippen LogP contribution in [0.15, 0.2) is 36.4 Å². The predicted molar refractivity (Wildman–Crippen MR) is 130 cm³/mol. The molecular formula is C29H44. The molecule has 0 spiro atoms. The van der Waals surface area contributed by atoms with Crippen LogP contribution in [-0.4, -0.2) is 0 Å². The molecule has 0 nitrogen and oxygen atoms in total. The predicted octanol–water partition coefficient (Wildman–Crippen LogP) is 8.65. The van der Waals surface area contributed by atoms with E-state index in [1.165, 1.54) is 82.6 Å². The zero-order chi connectivity index (χ0) is 20.9. The molecule has 0 aromatic heterocycles. The summed E-state index contributed by atoms with van der Waals surface area (Å²) in [5.41, 5.74) is 9.91. The molecule has 2 rings (SSSR count). The second-order valence-electron chi connectivity index (χ2n) is 8.71. The summed E-state index contributed by atoms with van der Waals surface area (Å²) in [4.78, 5) is 0. The first-order chi connectivity index (χ1) is 14.2. The fraction of sp³-hybridized carbons (Fsp3) is 0.586. The number of benzene rings is 2. The minimum Gasteiger partial charge on any atom is -0.0654 e. The van der Waals surface area contributed by atoms with Crippen LogP contribution in [0.1, 0.15) is 112 Å². The zero-order valence-corrected chi connectivity index (χ0v) is 19.7. The fourth-order valence-corrected chi connectivity index (χ4v) is 4.50. The summed E-state index contributed by atoms with van der Waals surface area (Å²) in [7, 11) is 0. The van der Waals surface area contributed by atoms with E-state index < -0.39 is 0 Å². The second kappa shape index (κ2) is 13.6. The van der Waals surface area contributed by atoms with E-state index in [4.69, 9.17) is 0 Å². The molecule has 0 saturated carbocycles. The second-order valence-corrected chi connectivity index (χ2v) is 8.71. The Morgan fingerprint density at radius 1 is 0.517 bits per heavy atom. The number of aryl methyl sites for hydroxylation is 1. The van der Waals surface area contributed by atoms with Crippen LogP contribution in [0, 0.1) is 0 Å². The van der Waals surface area contributed by atoms with Crippen molar-refractivity contribution in [3.05, 3.63) is 69.8 Å². The van der Waals surface area contributed by atoms with Gasteiger partial charge in [-0.15, -0.1) is 0 Å². The summed E-state index contributed by atoms with van der Waals surface area (Å²) in [5.74, 6) is 0. The Balaban J connectivity index is 2.57. The molecule has 0 heteroatoms. The van der Waals surface area contributed by atoms with Crippen molar-refractivity contribution in [3.8, 4) is 0 Å². The third-order valence-corrected chi connectivity index (χ3v) is 6.23. The van der Waals surface area contributed by atoms with Gasteiger partial charge in [-0.2, -0.15) is 0 Å². The lowest BCUT2D eigenvalue weighted by molar-refractivity contribution is 0.714. The number of hydrogen-bond donors (Lipinski definition) is 0. The van der Waals surface area contributed by atoms with Crippen LogP contribution in [0.3, 0.4) is 0 Å². The number of hydrogen-bond acceptors (Lipinski definition) is 0. The molecule has 0 bridgehead atoms. The van der Waals surface area contributed by atoms with E-state index in [1.807, 2.05) is 0 Å². The van der Waals surface area contributed by atoms with Crippen LogP contribution in [0.25, 0.3) is 0 Å². The van der Waals surface area contributed by atoms with E-state index in [0.717, 1.165) is 6.42 Å². The third-order valence-electron chi connectivity index (χ3n) is 6.23. The van der Waals surface area contributed by atoms with Crippen LogP contribution in [-0.2, 0) is 32.1 Å². The largest absolute Gasteiger partial charge is 0.0654 e. The maximum Gasteiger partial charge on any atom is -0.00228 e. The van der Waals surface area contributed by atoms with Crippen LogP contribution >= 0.6 is 0 Å². The molecule has 160 valence electrons. The molecule has 0 aliphatic heterocycles. The molecule has 0 atom stereocenters. The van der Waals surface area contributed by atoms with Gasteiger partial charge in [0, 0.05) is 0 Å². The lowest BCUT2D eigenvalue weighted by Crippen LogP contribution is -2.10. The van der Waals surface area contributed by atoms with Gasteiger partial charge in [-0.05, 0) is 91.2 Å². The van der Waals surface area contributed by atoms with Gasteiger partial charge in [0.25, 0.3) is 0 Å². The molecule has 0 aliphatic rings. The van der Waals surface area contributed by atoms with Crippen molar-refractivity contribution in [2.24, 2.45) is 0 Å². The molecule has 0 N–H and O–H groups in total. The summed E-state index contributed by atoms with van der Waals surface area (Å²) in [5, 5.41) is 0. The fourth-order valence-electron chi connectivity index (χ4n) is 4.50. The van der Waals surface area contributed by atoms with Gasteiger partial charge in [0.15, 0.2) is 0 Å². The molecule has 0 aliphatic carbocycles. The summed E-state index contributed by atoms with van der Waals surface area (Å²) in [6.45, 7) is 9.32. The lowest BCUT2D eigenvalue weighted by atomic mass is 9.82. The molecule has 0 heterocycles. The molecule has 0 saturated heterocycles. The summed E-state index contributed by atoms with van der Waals surface area (Å²) in [6.07, 6.45) is 16.5. The van der Waals surface area contributed by atoms with Crippen molar-refractivity contribution in [3.63, 3.8) is 0 Å². The molecule has 0 unspecified atom stereocenters. The van der Waals surface area contributed by atoms with Crippen LogP contribution in [0.4, 0.5) is 0 Å². The van der Waals surface area contributed by atoms with E-state index >= 15 is 0 Å². The van der Waals surface area contributed by atoms with Crippen molar-refractivity contribution < 1.29 is 0 Å². The third kappa shape index (κ3) is 7.32. The Labute approximate surface area is 181 Å². The van der Waals surface area contributed by atoms with Gasteiger partial charge in [-0.3, -0.25) is 0 Å². The highest BCUT2D eigenvalue weighted by Crippen LogP contribution is 2.31. The Kier molecular flexibility index (Phi) is 11.1. The van der Waals surface area contributed by atoms with E-state index in [9.17, 15) is 0 Å². The smallest absolute Gasteiger partial charge is 0.00228 e. The summed E-state index contributed by atoms with van der Waals surface area (Å²) >= 11 is 0. The van der Waals surface area contributed by atoms with Gasteiger partial charge >= 0.3 is 0 Å². The van der Waals surface area contributed by atoms with E-state index in [0.29, 0.717) is 0 Å². The number of unbranched alkanes of at least 4 members (excludes halogenated alkanes) is 4. The highest BCUT2D eigenvalue weighted by atomic mass is 14.2. The molecule has 0 amide bonds. The van der Waals surface area contributed by atoms with Gasteiger partial charge in [0.1, 0.15) is 0 Å². The molecular weight excluding hydrogens is 348 g/mol. The quantitative estimate of drug-likeness (QED) is 0.302. The maximum absolute atomic E-state index is 2.62. The minimum absolute atomic E-state index is 1.09. The average molecular weight is 393 g/mol. The van der Waals surface area contributed by atoms with Gasteiger partial charge in [-0.1, -0.05) is 89.8 Å².